The fourth-order valence-electron chi connectivity index (χ4n) is 1.42. The standard InChI is InChI=1S/C13H21NOS/c1-9(2)14-8-16-13-7-10(3)12(15-5)6-11(13)4/h6-7,9,14H,8H2,1-5H3. The fourth-order valence-corrected chi connectivity index (χ4v) is 2.54. The molecular formula is C13H21NOS. The van der Waals surface area contributed by atoms with E-state index in [9.17, 15) is 0 Å². The van der Waals surface area contributed by atoms with E-state index in [-0.39, 0.29) is 0 Å². The molecule has 0 aromatic heterocycles. The summed E-state index contributed by atoms with van der Waals surface area (Å²) in [5, 5.41) is 3.40. The molecule has 0 heterocycles. The van der Waals surface area contributed by atoms with Gasteiger partial charge in [0.1, 0.15) is 5.75 Å². The Morgan fingerprint density at radius 1 is 1.25 bits per heavy atom. The first-order valence-electron chi connectivity index (χ1n) is 5.56. The van der Waals surface area contributed by atoms with Gasteiger partial charge >= 0.3 is 0 Å². The van der Waals surface area contributed by atoms with Crippen LogP contribution in [0.4, 0.5) is 0 Å². The maximum Gasteiger partial charge on any atom is 0.122 e. The van der Waals surface area contributed by atoms with Crippen molar-refractivity contribution in [3.05, 3.63) is 23.3 Å². The Balaban J connectivity index is 2.70. The number of hydrogen-bond acceptors (Lipinski definition) is 3. The molecule has 0 spiro atoms. The molecule has 0 aliphatic heterocycles. The van der Waals surface area contributed by atoms with Gasteiger partial charge in [-0.1, -0.05) is 13.8 Å². The minimum Gasteiger partial charge on any atom is -0.496 e. The molecule has 1 rings (SSSR count). The highest BCUT2D eigenvalue weighted by molar-refractivity contribution is 7.99. The highest BCUT2D eigenvalue weighted by Crippen LogP contribution is 2.28. The van der Waals surface area contributed by atoms with Crippen molar-refractivity contribution in [2.45, 2.75) is 38.6 Å². The maximum absolute atomic E-state index is 5.30. The molecule has 0 bridgehead atoms. The Kier molecular flexibility index (Phi) is 5.16. The van der Waals surface area contributed by atoms with Crippen LogP contribution in [-0.2, 0) is 0 Å². The lowest BCUT2D eigenvalue weighted by Gasteiger charge is -2.12. The van der Waals surface area contributed by atoms with E-state index in [0.717, 1.165) is 11.6 Å². The SMILES string of the molecule is COc1cc(C)c(SCNC(C)C)cc1C. The molecule has 3 heteroatoms. The number of methoxy groups -OCH3 is 1. The molecule has 16 heavy (non-hydrogen) atoms. The minimum atomic E-state index is 0.534. The molecule has 0 fully saturated rings. The van der Waals surface area contributed by atoms with Gasteiger partial charge in [0.05, 0.1) is 7.11 Å². The van der Waals surface area contributed by atoms with Gasteiger partial charge in [0.15, 0.2) is 0 Å². The monoisotopic (exact) mass is 239 g/mol. The van der Waals surface area contributed by atoms with Gasteiger partial charge in [0, 0.05) is 16.8 Å². The molecular weight excluding hydrogens is 218 g/mol. The van der Waals surface area contributed by atoms with E-state index in [1.165, 1.54) is 16.0 Å². The third kappa shape index (κ3) is 3.72. The predicted octanol–water partition coefficient (Wildman–Crippen LogP) is 3.36. The van der Waals surface area contributed by atoms with E-state index in [0.29, 0.717) is 6.04 Å². The first-order chi connectivity index (χ1) is 7.54. The van der Waals surface area contributed by atoms with Crippen LogP contribution < -0.4 is 10.1 Å². The van der Waals surface area contributed by atoms with E-state index < -0.39 is 0 Å². The summed E-state index contributed by atoms with van der Waals surface area (Å²) >= 11 is 1.84. The van der Waals surface area contributed by atoms with Gasteiger partial charge in [0.2, 0.25) is 0 Å². The second-order valence-corrected chi connectivity index (χ2v) is 5.25. The molecule has 0 amide bonds. The first-order valence-corrected chi connectivity index (χ1v) is 6.54. The van der Waals surface area contributed by atoms with Gasteiger partial charge in [-0.2, -0.15) is 0 Å². The number of nitrogens with one attached hydrogen (secondary N) is 1. The molecule has 1 N–H and O–H groups in total. The summed E-state index contributed by atoms with van der Waals surface area (Å²) in [7, 11) is 1.72. The van der Waals surface area contributed by atoms with Crippen LogP contribution in [0.2, 0.25) is 0 Å². The first kappa shape index (κ1) is 13.4. The van der Waals surface area contributed by atoms with Crippen LogP contribution in [0.1, 0.15) is 25.0 Å². The van der Waals surface area contributed by atoms with Gasteiger partial charge in [-0.15, -0.1) is 11.8 Å². The van der Waals surface area contributed by atoms with Crippen LogP contribution in [0, 0.1) is 13.8 Å². The smallest absolute Gasteiger partial charge is 0.122 e. The van der Waals surface area contributed by atoms with E-state index in [1.54, 1.807) is 7.11 Å². The number of rotatable bonds is 5. The third-order valence-electron chi connectivity index (χ3n) is 2.41. The number of thioether (sulfide) groups is 1. The molecule has 0 aliphatic rings. The minimum absolute atomic E-state index is 0.534. The lowest BCUT2D eigenvalue weighted by Crippen LogP contribution is -2.21. The van der Waals surface area contributed by atoms with Crippen LogP contribution in [0.25, 0.3) is 0 Å². The fraction of sp³-hybridized carbons (Fsp3) is 0.538. The van der Waals surface area contributed by atoms with Crippen molar-refractivity contribution >= 4 is 11.8 Å². The van der Waals surface area contributed by atoms with Crippen LogP contribution >= 0.6 is 11.8 Å². The summed E-state index contributed by atoms with van der Waals surface area (Å²) in [5.41, 5.74) is 2.47. The van der Waals surface area contributed by atoms with Crippen molar-refractivity contribution in [3.63, 3.8) is 0 Å². The molecule has 0 saturated heterocycles. The normalized spacial score (nSPS) is 10.9. The van der Waals surface area contributed by atoms with Gasteiger partial charge in [0.25, 0.3) is 0 Å². The number of hydrogen-bond donors (Lipinski definition) is 1. The zero-order chi connectivity index (χ0) is 12.1. The van der Waals surface area contributed by atoms with E-state index in [4.69, 9.17) is 4.74 Å². The summed E-state index contributed by atoms with van der Waals surface area (Å²) in [5.74, 6) is 1.92. The van der Waals surface area contributed by atoms with E-state index in [1.807, 2.05) is 11.8 Å². The van der Waals surface area contributed by atoms with Gasteiger partial charge in [-0.25, -0.2) is 0 Å². The zero-order valence-corrected chi connectivity index (χ0v) is 11.6. The molecule has 1 aromatic carbocycles. The van der Waals surface area contributed by atoms with Crippen molar-refractivity contribution < 1.29 is 4.74 Å². The molecule has 0 radical (unpaired) electrons. The molecule has 0 atom stereocenters. The van der Waals surface area contributed by atoms with Crippen molar-refractivity contribution in [3.8, 4) is 5.75 Å². The summed E-state index contributed by atoms with van der Waals surface area (Å²) in [4.78, 5) is 1.33. The van der Waals surface area contributed by atoms with Crippen molar-refractivity contribution in [2.75, 3.05) is 13.0 Å². The third-order valence-corrected chi connectivity index (χ3v) is 3.47. The number of benzene rings is 1. The average molecular weight is 239 g/mol. The predicted molar refractivity (Wildman–Crippen MR) is 71.5 cm³/mol. The number of ether oxygens (including phenoxy) is 1. The lowest BCUT2D eigenvalue weighted by atomic mass is 10.1. The maximum atomic E-state index is 5.30. The highest BCUT2D eigenvalue weighted by Gasteiger charge is 2.05. The van der Waals surface area contributed by atoms with E-state index in [2.05, 4.69) is 45.1 Å². The van der Waals surface area contributed by atoms with Crippen LogP contribution in [-0.4, -0.2) is 19.0 Å². The Morgan fingerprint density at radius 2 is 1.94 bits per heavy atom. The molecule has 0 aliphatic carbocycles. The van der Waals surface area contributed by atoms with Gasteiger partial charge in [-0.05, 0) is 37.1 Å². The number of aryl methyl sites for hydroxylation is 2. The highest BCUT2D eigenvalue weighted by atomic mass is 32.2. The second-order valence-electron chi connectivity index (χ2n) is 4.23. The Morgan fingerprint density at radius 3 is 2.50 bits per heavy atom. The summed E-state index contributed by atoms with van der Waals surface area (Å²) in [6, 6.07) is 4.83. The molecule has 1 aromatic rings. The molecule has 2 nitrogen and oxygen atoms in total. The zero-order valence-electron chi connectivity index (χ0n) is 10.8. The molecule has 90 valence electrons. The second kappa shape index (κ2) is 6.16. The summed E-state index contributed by atoms with van der Waals surface area (Å²) in [6.45, 7) is 8.53. The van der Waals surface area contributed by atoms with Crippen molar-refractivity contribution in [2.24, 2.45) is 0 Å². The molecule has 0 unspecified atom stereocenters. The van der Waals surface area contributed by atoms with Crippen LogP contribution in [0.5, 0.6) is 5.75 Å². The van der Waals surface area contributed by atoms with Crippen LogP contribution in [0.3, 0.4) is 0 Å². The lowest BCUT2D eigenvalue weighted by molar-refractivity contribution is 0.411. The summed E-state index contributed by atoms with van der Waals surface area (Å²) < 4.78 is 5.30. The van der Waals surface area contributed by atoms with E-state index >= 15 is 0 Å². The van der Waals surface area contributed by atoms with Crippen molar-refractivity contribution in [1.82, 2.24) is 5.32 Å². The quantitative estimate of drug-likeness (QED) is 0.629. The largest absolute Gasteiger partial charge is 0.496 e. The topological polar surface area (TPSA) is 21.3 Å². The van der Waals surface area contributed by atoms with Gasteiger partial charge in [-0.3, -0.25) is 0 Å². The Bertz CT molecular complexity index is 350. The molecule has 0 saturated carbocycles. The Labute approximate surface area is 103 Å². The average Bonchev–Trinajstić information content (AvgIpc) is 2.22. The van der Waals surface area contributed by atoms with Gasteiger partial charge < -0.3 is 10.1 Å². The van der Waals surface area contributed by atoms with Crippen LogP contribution in [0.15, 0.2) is 17.0 Å². The Hall–Kier alpha value is -0.670. The van der Waals surface area contributed by atoms with Crippen molar-refractivity contribution in [1.29, 1.82) is 0 Å². The summed E-state index contributed by atoms with van der Waals surface area (Å²) in [6.07, 6.45) is 0.